The lowest BCUT2D eigenvalue weighted by Crippen LogP contribution is -2.51. The summed E-state index contributed by atoms with van der Waals surface area (Å²) >= 11 is 0. The third-order valence-corrected chi connectivity index (χ3v) is 1.87. The van der Waals surface area contributed by atoms with E-state index in [1.165, 1.54) is 0 Å². The van der Waals surface area contributed by atoms with Gasteiger partial charge in [0.2, 0.25) is 11.8 Å². The van der Waals surface area contributed by atoms with Crippen LogP contribution < -0.4 is 5.32 Å². The summed E-state index contributed by atoms with van der Waals surface area (Å²) in [5.74, 6) is -0.420. The molecular weight excluding hydrogens is 168 g/mol. The molecule has 0 radical (unpaired) electrons. The molecule has 13 heavy (non-hydrogen) atoms. The lowest BCUT2D eigenvalue weighted by molar-refractivity contribution is -0.135. The van der Waals surface area contributed by atoms with E-state index in [4.69, 9.17) is 0 Å². The van der Waals surface area contributed by atoms with E-state index in [0.29, 0.717) is 13.1 Å². The minimum Gasteiger partial charge on any atom is -0.294 e. The first kappa shape index (κ1) is 9.92. The molecule has 0 saturated carbocycles. The van der Waals surface area contributed by atoms with Gasteiger partial charge in [0.15, 0.2) is 0 Å². The van der Waals surface area contributed by atoms with Gasteiger partial charge in [0, 0.05) is 6.54 Å². The summed E-state index contributed by atoms with van der Waals surface area (Å²) in [5, 5.41) is 2.25. The maximum absolute atomic E-state index is 10.9. The van der Waals surface area contributed by atoms with Crippen LogP contribution in [0, 0.1) is 0 Å². The molecular formula is C9H14N2O2. The van der Waals surface area contributed by atoms with Gasteiger partial charge in [-0.2, -0.15) is 0 Å². The number of hydrogen-bond acceptors (Lipinski definition) is 3. The fraction of sp³-hybridized carbons (Fsp3) is 0.556. The first-order valence-corrected chi connectivity index (χ1v) is 4.27. The van der Waals surface area contributed by atoms with Gasteiger partial charge in [-0.1, -0.05) is 5.57 Å². The van der Waals surface area contributed by atoms with Crippen molar-refractivity contribution < 1.29 is 9.59 Å². The lowest BCUT2D eigenvalue weighted by atomic mass is 10.2. The molecule has 0 spiro atoms. The molecule has 1 rings (SSSR count). The number of rotatable bonds is 3. The summed E-state index contributed by atoms with van der Waals surface area (Å²) in [6, 6.07) is 0. The number of piperazine rings is 1. The molecule has 0 bridgehead atoms. The smallest absolute Gasteiger partial charge is 0.240 e. The van der Waals surface area contributed by atoms with E-state index in [2.05, 4.69) is 11.9 Å². The average Bonchev–Trinajstić information content (AvgIpc) is 1.99. The monoisotopic (exact) mass is 182 g/mol. The normalized spacial score (nSPS) is 18.5. The standard InChI is InChI=1S/C9H14N2O2/c1-7(2)3-4-11-5-8(12)10-9(13)6-11/h1,3-6H2,2H3,(H,10,12,13). The van der Waals surface area contributed by atoms with Crippen LogP contribution in [0.1, 0.15) is 13.3 Å². The Morgan fingerprint density at radius 1 is 1.46 bits per heavy atom. The van der Waals surface area contributed by atoms with Gasteiger partial charge in [-0.25, -0.2) is 0 Å². The van der Waals surface area contributed by atoms with E-state index in [1.54, 1.807) is 0 Å². The summed E-state index contributed by atoms with van der Waals surface area (Å²) in [6.45, 7) is 7.07. The first-order valence-electron chi connectivity index (χ1n) is 4.27. The fourth-order valence-electron chi connectivity index (χ4n) is 1.20. The number of nitrogens with one attached hydrogen (secondary N) is 1. The highest BCUT2D eigenvalue weighted by atomic mass is 16.2. The first-order chi connectivity index (χ1) is 6.08. The van der Waals surface area contributed by atoms with Crippen molar-refractivity contribution in [3.8, 4) is 0 Å². The fourth-order valence-corrected chi connectivity index (χ4v) is 1.20. The number of carbonyl (C=O) groups is 2. The summed E-state index contributed by atoms with van der Waals surface area (Å²) in [6.07, 6.45) is 0.834. The molecule has 1 aliphatic rings. The quantitative estimate of drug-likeness (QED) is 0.490. The van der Waals surface area contributed by atoms with Crippen LogP contribution in [0.4, 0.5) is 0 Å². The Labute approximate surface area is 77.6 Å². The van der Waals surface area contributed by atoms with E-state index in [0.717, 1.165) is 18.5 Å². The molecule has 1 N–H and O–H groups in total. The molecule has 0 aromatic rings. The van der Waals surface area contributed by atoms with Crippen LogP contribution in [0.15, 0.2) is 12.2 Å². The molecule has 0 atom stereocenters. The number of carbonyl (C=O) groups excluding carboxylic acids is 2. The van der Waals surface area contributed by atoms with Crippen molar-refractivity contribution in [1.82, 2.24) is 10.2 Å². The molecule has 4 nitrogen and oxygen atoms in total. The Hall–Kier alpha value is -1.16. The predicted octanol–water partition coefficient (Wildman–Crippen LogP) is -0.0890. The minimum absolute atomic E-state index is 0.210. The van der Waals surface area contributed by atoms with E-state index in [9.17, 15) is 9.59 Å². The maximum Gasteiger partial charge on any atom is 0.240 e. The number of imide groups is 1. The Bertz CT molecular complexity index is 232. The van der Waals surface area contributed by atoms with Crippen LogP contribution in [-0.2, 0) is 9.59 Å². The molecule has 2 amide bonds. The highest BCUT2D eigenvalue weighted by molar-refractivity contribution is 5.99. The van der Waals surface area contributed by atoms with Gasteiger partial charge in [-0.3, -0.25) is 19.8 Å². The molecule has 72 valence electrons. The van der Waals surface area contributed by atoms with Crippen LogP contribution in [-0.4, -0.2) is 36.3 Å². The van der Waals surface area contributed by atoms with Gasteiger partial charge >= 0.3 is 0 Å². The van der Waals surface area contributed by atoms with Crippen LogP contribution in [0.5, 0.6) is 0 Å². The summed E-state index contributed by atoms with van der Waals surface area (Å²) in [7, 11) is 0. The van der Waals surface area contributed by atoms with Gasteiger partial charge in [0.05, 0.1) is 13.1 Å². The molecule has 1 heterocycles. The highest BCUT2D eigenvalue weighted by Gasteiger charge is 2.21. The van der Waals surface area contributed by atoms with Crippen LogP contribution in [0.3, 0.4) is 0 Å². The van der Waals surface area contributed by atoms with E-state index in [1.807, 2.05) is 11.8 Å². The third-order valence-electron chi connectivity index (χ3n) is 1.87. The van der Waals surface area contributed by atoms with E-state index < -0.39 is 0 Å². The van der Waals surface area contributed by atoms with Crippen molar-refractivity contribution in [2.24, 2.45) is 0 Å². The maximum atomic E-state index is 10.9. The molecule has 4 heteroatoms. The highest BCUT2D eigenvalue weighted by Crippen LogP contribution is 2.01. The summed E-state index contributed by atoms with van der Waals surface area (Å²) in [4.78, 5) is 23.7. The SMILES string of the molecule is C=C(C)CCN1CC(=O)NC(=O)C1. The second-order valence-corrected chi connectivity index (χ2v) is 3.39. The van der Waals surface area contributed by atoms with Crippen molar-refractivity contribution in [2.45, 2.75) is 13.3 Å². The average molecular weight is 182 g/mol. The molecule has 0 aromatic heterocycles. The van der Waals surface area contributed by atoms with Gasteiger partial charge < -0.3 is 0 Å². The Kier molecular flexibility index (Phi) is 3.19. The predicted molar refractivity (Wildman–Crippen MR) is 49.0 cm³/mol. The number of amides is 2. The van der Waals surface area contributed by atoms with Crippen LogP contribution >= 0.6 is 0 Å². The van der Waals surface area contributed by atoms with Crippen molar-refractivity contribution in [3.05, 3.63) is 12.2 Å². The topological polar surface area (TPSA) is 49.4 Å². The van der Waals surface area contributed by atoms with E-state index in [-0.39, 0.29) is 11.8 Å². The van der Waals surface area contributed by atoms with Crippen LogP contribution in [0.25, 0.3) is 0 Å². The zero-order valence-electron chi connectivity index (χ0n) is 7.80. The lowest BCUT2D eigenvalue weighted by Gasteiger charge is -2.24. The van der Waals surface area contributed by atoms with Gasteiger partial charge in [0.1, 0.15) is 0 Å². The number of hydrogen-bond donors (Lipinski definition) is 1. The summed E-state index contributed by atoms with van der Waals surface area (Å²) in [5.41, 5.74) is 1.07. The zero-order chi connectivity index (χ0) is 9.84. The molecule has 0 unspecified atom stereocenters. The molecule has 1 saturated heterocycles. The van der Waals surface area contributed by atoms with Crippen molar-refractivity contribution >= 4 is 11.8 Å². The van der Waals surface area contributed by atoms with Gasteiger partial charge in [0.25, 0.3) is 0 Å². The largest absolute Gasteiger partial charge is 0.294 e. The second-order valence-electron chi connectivity index (χ2n) is 3.39. The zero-order valence-corrected chi connectivity index (χ0v) is 7.80. The minimum atomic E-state index is -0.210. The second kappa shape index (κ2) is 4.18. The van der Waals surface area contributed by atoms with Crippen molar-refractivity contribution in [3.63, 3.8) is 0 Å². The van der Waals surface area contributed by atoms with E-state index >= 15 is 0 Å². The van der Waals surface area contributed by atoms with Crippen molar-refractivity contribution in [1.29, 1.82) is 0 Å². The molecule has 0 aliphatic carbocycles. The van der Waals surface area contributed by atoms with Crippen molar-refractivity contribution in [2.75, 3.05) is 19.6 Å². The third kappa shape index (κ3) is 3.38. The van der Waals surface area contributed by atoms with Gasteiger partial charge in [-0.05, 0) is 13.3 Å². The Morgan fingerprint density at radius 2 is 2.00 bits per heavy atom. The van der Waals surface area contributed by atoms with Gasteiger partial charge in [-0.15, -0.1) is 6.58 Å². The Balaban J connectivity index is 2.37. The number of nitrogens with zero attached hydrogens (tertiary/aromatic N) is 1. The molecule has 0 aromatic carbocycles. The van der Waals surface area contributed by atoms with Crippen LogP contribution in [0.2, 0.25) is 0 Å². The Morgan fingerprint density at radius 3 is 2.46 bits per heavy atom. The summed E-state index contributed by atoms with van der Waals surface area (Å²) < 4.78 is 0. The molecule has 1 aliphatic heterocycles. The molecule has 1 fully saturated rings.